The number of aromatic nitrogens is 2. The van der Waals surface area contributed by atoms with Gasteiger partial charge in [-0.25, -0.2) is 9.97 Å². The Labute approximate surface area is 234 Å². The molecule has 0 unspecified atom stereocenters. The second-order valence-corrected chi connectivity index (χ2v) is 11.3. The summed E-state index contributed by atoms with van der Waals surface area (Å²) in [6.07, 6.45) is 0. The normalized spacial score (nSPS) is 12.4. The molecule has 3 nitrogen and oxygen atoms in total. The zero-order chi connectivity index (χ0) is 26.2. The first-order valence-corrected chi connectivity index (χ1v) is 14.3. The van der Waals surface area contributed by atoms with Crippen LogP contribution >= 0.6 is 11.3 Å². The zero-order valence-corrected chi connectivity index (χ0v) is 22.2. The maximum atomic E-state index is 5.40. The molecule has 0 N–H and O–H groups in total. The molecule has 2 aromatic heterocycles. The first-order valence-electron chi connectivity index (χ1n) is 13.4. The number of benzene rings is 6. The molecule has 0 aliphatic carbocycles. The van der Waals surface area contributed by atoms with E-state index in [1.165, 1.54) is 42.1 Å². The SMILES string of the molecule is c1ccc2c(c1)-c1cccc3cccc(c13)N2c1nc(-c2cccc3c2sc2ccccc23)c2ccccc2n1. The van der Waals surface area contributed by atoms with Gasteiger partial charge >= 0.3 is 0 Å². The highest BCUT2D eigenvalue weighted by atomic mass is 32.1. The van der Waals surface area contributed by atoms with Crippen LogP contribution in [0.2, 0.25) is 0 Å². The average molecular weight is 528 g/mol. The Morgan fingerprint density at radius 3 is 2.12 bits per heavy atom. The highest BCUT2D eigenvalue weighted by Gasteiger charge is 2.28. The number of para-hydroxylation sites is 2. The summed E-state index contributed by atoms with van der Waals surface area (Å²) in [6.45, 7) is 0. The fourth-order valence-corrected chi connectivity index (χ4v) is 7.49. The van der Waals surface area contributed by atoms with Crippen molar-refractivity contribution in [1.82, 2.24) is 9.97 Å². The predicted molar refractivity (Wildman–Crippen MR) is 169 cm³/mol. The van der Waals surface area contributed by atoms with E-state index in [2.05, 4.69) is 132 Å². The van der Waals surface area contributed by atoms with Gasteiger partial charge in [0.25, 0.3) is 0 Å². The van der Waals surface area contributed by atoms with Gasteiger partial charge in [-0.15, -0.1) is 11.3 Å². The molecular formula is C36H21N3S. The Kier molecular flexibility index (Phi) is 4.48. The van der Waals surface area contributed by atoms with E-state index in [0.29, 0.717) is 5.95 Å². The highest BCUT2D eigenvalue weighted by Crippen LogP contribution is 2.50. The van der Waals surface area contributed by atoms with Crippen LogP contribution in [0, 0.1) is 0 Å². The second kappa shape index (κ2) is 8.22. The Morgan fingerprint density at radius 1 is 0.500 bits per heavy atom. The van der Waals surface area contributed by atoms with Crippen molar-refractivity contribution in [2.24, 2.45) is 0 Å². The standard InChI is InChI=1S/C36H21N3S/c1-4-18-29-27(14-1)34(28-17-9-16-26-24-13-3-6-21-32(24)40-35(26)28)38-36(37-29)39-30-19-5-2-12-23(30)25-15-7-10-22-11-8-20-31(39)33(22)25/h1-21H. The van der Waals surface area contributed by atoms with Crippen molar-refractivity contribution < 1.29 is 0 Å². The number of fused-ring (bicyclic) bond motifs is 6. The lowest BCUT2D eigenvalue weighted by atomic mass is 9.91. The summed E-state index contributed by atoms with van der Waals surface area (Å²) in [4.78, 5) is 12.8. The molecule has 4 heteroatoms. The van der Waals surface area contributed by atoms with Crippen molar-refractivity contribution in [3.8, 4) is 22.4 Å². The molecule has 0 fully saturated rings. The fraction of sp³-hybridized carbons (Fsp3) is 0. The second-order valence-electron chi connectivity index (χ2n) is 10.2. The quantitative estimate of drug-likeness (QED) is 0.224. The van der Waals surface area contributed by atoms with Crippen molar-refractivity contribution in [3.63, 3.8) is 0 Å². The van der Waals surface area contributed by atoms with Gasteiger partial charge in [0.15, 0.2) is 0 Å². The lowest BCUT2D eigenvalue weighted by Crippen LogP contribution is -2.18. The number of hydrogen-bond donors (Lipinski definition) is 0. The van der Waals surface area contributed by atoms with Crippen LogP contribution in [-0.2, 0) is 0 Å². The van der Waals surface area contributed by atoms with E-state index >= 15 is 0 Å². The molecule has 0 bridgehead atoms. The lowest BCUT2D eigenvalue weighted by molar-refractivity contribution is 1.11. The van der Waals surface area contributed by atoms with E-state index in [0.717, 1.165) is 33.5 Å². The molecule has 0 amide bonds. The molecule has 0 spiro atoms. The van der Waals surface area contributed by atoms with Gasteiger partial charge in [0, 0.05) is 42.1 Å². The van der Waals surface area contributed by atoms with E-state index in [1.807, 2.05) is 11.3 Å². The van der Waals surface area contributed by atoms with Crippen LogP contribution in [0.5, 0.6) is 0 Å². The molecule has 0 atom stereocenters. The van der Waals surface area contributed by atoms with Gasteiger partial charge in [-0.3, -0.25) is 4.90 Å². The Bertz CT molecular complexity index is 2290. The van der Waals surface area contributed by atoms with Gasteiger partial charge in [-0.2, -0.15) is 0 Å². The summed E-state index contributed by atoms with van der Waals surface area (Å²) in [5.74, 6) is 0.682. The molecule has 0 saturated heterocycles. The van der Waals surface area contributed by atoms with Crippen molar-refractivity contribution in [1.29, 1.82) is 0 Å². The summed E-state index contributed by atoms with van der Waals surface area (Å²) in [7, 11) is 0. The zero-order valence-electron chi connectivity index (χ0n) is 21.4. The van der Waals surface area contributed by atoms with Gasteiger partial charge < -0.3 is 0 Å². The van der Waals surface area contributed by atoms with Crippen molar-refractivity contribution in [2.75, 3.05) is 4.90 Å². The summed E-state index contributed by atoms with van der Waals surface area (Å²) in [6, 6.07) is 45.2. The van der Waals surface area contributed by atoms with Crippen molar-refractivity contribution in [2.45, 2.75) is 0 Å². The van der Waals surface area contributed by atoms with Crippen molar-refractivity contribution in [3.05, 3.63) is 127 Å². The summed E-state index contributed by atoms with van der Waals surface area (Å²) >= 11 is 1.83. The minimum atomic E-state index is 0.682. The third-order valence-electron chi connectivity index (χ3n) is 8.01. The van der Waals surface area contributed by atoms with Gasteiger partial charge in [0.1, 0.15) is 0 Å². The van der Waals surface area contributed by atoms with Crippen LogP contribution < -0.4 is 4.90 Å². The first kappa shape index (κ1) is 21.8. The summed E-state index contributed by atoms with van der Waals surface area (Å²) < 4.78 is 2.54. The summed E-state index contributed by atoms with van der Waals surface area (Å²) in [5, 5.41) is 6.06. The largest absolute Gasteiger partial charge is 0.278 e. The van der Waals surface area contributed by atoms with Crippen LogP contribution in [0.25, 0.3) is 64.2 Å². The van der Waals surface area contributed by atoms with Gasteiger partial charge in [0.2, 0.25) is 5.95 Å². The summed E-state index contributed by atoms with van der Waals surface area (Å²) in [5.41, 5.74) is 7.67. The predicted octanol–water partition coefficient (Wildman–Crippen LogP) is 10.3. The molecule has 0 radical (unpaired) electrons. The van der Waals surface area contributed by atoms with Crippen LogP contribution in [0.4, 0.5) is 17.3 Å². The number of anilines is 3. The Hall–Kier alpha value is -5.06. The molecule has 1 aliphatic rings. The molecule has 186 valence electrons. The maximum Gasteiger partial charge on any atom is 0.235 e. The monoisotopic (exact) mass is 527 g/mol. The molecule has 1 aliphatic heterocycles. The Morgan fingerprint density at radius 2 is 1.18 bits per heavy atom. The van der Waals surface area contributed by atoms with Gasteiger partial charge in [-0.1, -0.05) is 103 Å². The third-order valence-corrected chi connectivity index (χ3v) is 9.23. The molecule has 6 aromatic carbocycles. The first-order chi connectivity index (χ1) is 19.8. The number of thiophene rings is 1. The molecule has 0 saturated carbocycles. The van der Waals surface area contributed by atoms with E-state index in [4.69, 9.17) is 9.97 Å². The van der Waals surface area contributed by atoms with Crippen LogP contribution in [0.1, 0.15) is 0 Å². The van der Waals surface area contributed by atoms with E-state index in [9.17, 15) is 0 Å². The maximum absolute atomic E-state index is 5.40. The number of hydrogen-bond acceptors (Lipinski definition) is 4. The topological polar surface area (TPSA) is 29.0 Å². The van der Waals surface area contributed by atoms with E-state index in [-0.39, 0.29) is 0 Å². The third kappa shape index (κ3) is 2.99. The molecule has 9 rings (SSSR count). The lowest BCUT2D eigenvalue weighted by Gasteiger charge is -2.32. The van der Waals surface area contributed by atoms with E-state index in [1.54, 1.807) is 0 Å². The van der Waals surface area contributed by atoms with Crippen LogP contribution in [0.15, 0.2) is 127 Å². The number of rotatable bonds is 2. The highest BCUT2D eigenvalue weighted by molar-refractivity contribution is 7.26. The minimum Gasteiger partial charge on any atom is -0.278 e. The van der Waals surface area contributed by atoms with Crippen molar-refractivity contribution >= 4 is 70.5 Å². The van der Waals surface area contributed by atoms with Gasteiger partial charge in [0.05, 0.1) is 22.6 Å². The Balaban J connectivity index is 1.38. The molecule has 3 heterocycles. The average Bonchev–Trinajstić information content (AvgIpc) is 3.40. The smallest absolute Gasteiger partial charge is 0.235 e. The number of nitrogens with zero attached hydrogens (tertiary/aromatic N) is 3. The van der Waals surface area contributed by atoms with Crippen LogP contribution in [0.3, 0.4) is 0 Å². The molecular weight excluding hydrogens is 506 g/mol. The fourth-order valence-electron chi connectivity index (χ4n) is 6.28. The van der Waals surface area contributed by atoms with Crippen LogP contribution in [-0.4, -0.2) is 9.97 Å². The van der Waals surface area contributed by atoms with Gasteiger partial charge in [-0.05, 0) is 35.2 Å². The minimum absolute atomic E-state index is 0.682. The molecule has 8 aromatic rings. The molecule has 40 heavy (non-hydrogen) atoms. The van der Waals surface area contributed by atoms with E-state index < -0.39 is 0 Å².